The van der Waals surface area contributed by atoms with Crippen LogP contribution >= 0.6 is 0 Å². The zero-order valence-electron chi connectivity index (χ0n) is 13.1. The molecular weight excluding hydrogens is 282 g/mol. The Hall–Kier alpha value is -2.04. The van der Waals surface area contributed by atoms with E-state index in [0.29, 0.717) is 24.5 Å². The molecule has 1 aromatic rings. The van der Waals surface area contributed by atoms with Gasteiger partial charge in [0.2, 0.25) is 0 Å². The molecule has 1 saturated carbocycles. The van der Waals surface area contributed by atoms with Crippen LogP contribution in [0.25, 0.3) is 0 Å². The van der Waals surface area contributed by atoms with Gasteiger partial charge in [-0.2, -0.15) is 0 Å². The van der Waals surface area contributed by atoms with Crippen LogP contribution in [0.2, 0.25) is 0 Å². The summed E-state index contributed by atoms with van der Waals surface area (Å²) >= 11 is 0. The maximum Gasteiger partial charge on any atom is 0.329 e. The van der Waals surface area contributed by atoms with Crippen molar-refractivity contribution >= 4 is 11.9 Å². The number of aryl methyl sites for hydroxylation is 1. The third-order valence-corrected chi connectivity index (χ3v) is 4.31. The smallest absolute Gasteiger partial charge is 0.329 e. The van der Waals surface area contributed by atoms with Crippen molar-refractivity contribution in [3.05, 3.63) is 29.8 Å². The van der Waals surface area contributed by atoms with Crippen LogP contribution < -0.4 is 10.1 Å². The van der Waals surface area contributed by atoms with Gasteiger partial charge in [0.15, 0.2) is 6.61 Å². The summed E-state index contributed by atoms with van der Waals surface area (Å²) in [5.41, 5.74) is -0.0294. The van der Waals surface area contributed by atoms with Crippen LogP contribution in [-0.4, -0.2) is 29.1 Å². The highest BCUT2D eigenvalue weighted by atomic mass is 16.5. The van der Waals surface area contributed by atoms with Crippen LogP contribution in [0.5, 0.6) is 5.75 Å². The molecule has 0 bridgehead atoms. The van der Waals surface area contributed by atoms with Crippen LogP contribution in [0.1, 0.15) is 38.2 Å². The number of carboxylic acid groups (broad SMARTS) is 1. The Kier molecular flexibility index (Phi) is 5.06. The lowest BCUT2D eigenvalue weighted by Crippen LogP contribution is -2.57. The summed E-state index contributed by atoms with van der Waals surface area (Å²) in [6.45, 7) is 3.90. The SMILES string of the molecule is Cc1ccc(OCC(=O)NC2(C(=O)O)CCC(C)CC2)cc1. The molecule has 22 heavy (non-hydrogen) atoms. The molecule has 2 rings (SSSR count). The Morgan fingerprint density at radius 1 is 1.27 bits per heavy atom. The van der Waals surface area contributed by atoms with Crippen LogP contribution in [0.4, 0.5) is 0 Å². The van der Waals surface area contributed by atoms with E-state index in [1.165, 1.54) is 0 Å². The van der Waals surface area contributed by atoms with Crippen molar-refractivity contribution in [3.63, 3.8) is 0 Å². The van der Waals surface area contributed by atoms with Crippen LogP contribution in [0.3, 0.4) is 0 Å². The fraction of sp³-hybridized carbons (Fsp3) is 0.529. The number of aliphatic carboxylic acids is 1. The molecular formula is C17H23NO4. The molecule has 0 radical (unpaired) electrons. The molecule has 1 amide bonds. The first-order valence-electron chi connectivity index (χ1n) is 7.65. The van der Waals surface area contributed by atoms with Gasteiger partial charge >= 0.3 is 5.97 Å². The van der Waals surface area contributed by atoms with E-state index in [4.69, 9.17) is 4.74 Å². The molecule has 1 aromatic carbocycles. The number of hydrogen-bond donors (Lipinski definition) is 2. The van der Waals surface area contributed by atoms with E-state index in [2.05, 4.69) is 12.2 Å². The minimum Gasteiger partial charge on any atom is -0.484 e. The van der Waals surface area contributed by atoms with Gasteiger partial charge in [0.25, 0.3) is 5.91 Å². The van der Waals surface area contributed by atoms with Gasteiger partial charge in [-0.1, -0.05) is 24.6 Å². The van der Waals surface area contributed by atoms with Crippen molar-refractivity contribution < 1.29 is 19.4 Å². The van der Waals surface area contributed by atoms with E-state index in [1.54, 1.807) is 12.1 Å². The molecule has 0 heterocycles. The second-order valence-electron chi connectivity index (χ2n) is 6.22. The van der Waals surface area contributed by atoms with Gasteiger partial charge in [0, 0.05) is 0 Å². The molecule has 0 saturated heterocycles. The molecule has 1 aliphatic carbocycles. The monoisotopic (exact) mass is 305 g/mol. The lowest BCUT2D eigenvalue weighted by atomic mass is 9.77. The minimum absolute atomic E-state index is 0.173. The molecule has 1 aliphatic rings. The fourth-order valence-corrected chi connectivity index (χ4v) is 2.73. The number of hydrogen-bond acceptors (Lipinski definition) is 3. The first kappa shape index (κ1) is 16.3. The van der Waals surface area contributed by atoms with Gasteiger partial charge in [-0.3, -0.25) is 4.79 Å². The van der Waals surface area contributed by atoms with Gasteiger partial charge < -0.3 is 15.2 Å². The number of amides is 1. The van der Waals surface area contributed by atoms with E-state index in [0.717, 1.165) is 18.4 Å². The highest BCUT2D eigenvalue weighted by Gasteiger charge is 2.42. The molecule has 5 heteroatoms. The topological polar surface area (TPSA) is 75.6 Å². The van der Waals surface area contributed by atoms with Gasteiger partial charge in [-0.05, 0) is 50.7 Å². The summed E-state index contributed by atoms with van der Waals surface area (Å²) in [6.07, 6.45) is 2.57. The summed E-state index contributed by atoms with van der Waals surface area (Å²) in [4.78, 5) is 23.6. The largest absolute Gasteiger partial charge is 0.484 e. The third-order valence-electron chi connectivity index (χ3n) is 4.31. The quantitative estimate of drug-likeness (QED) is 0.876. The molecule has 0 unspecified atom stereocenters. The molecule has 2 N–H and O–H groups in total. The van der Waals surface area contributed by atoms with E-state index in [9.17, 15) is 14.7 Å². The number of nitrogens with one attached hydrogen (secondary N) is 1. The maximum atomic E-state index is 12.0. The van der Waals surface area contributed by atoms with Gasteiger partial charge in [0.05, 0.1) is 0 Å². The summed E-state index contributed by atoms with van der Waals surface area (Å²) in [6, 6.07) is 7.37. The second-order valence-corrected chi connectivity index (χ2v) is 6.22. The van der Waals surface area contributed by atoms with E-state index in [-0.39, 0.29) is 6.61 Å². The number of rotatable bonds is 5. The summed E-state index contributed by atoms with van der Waals surface area (Å²) < 4.78 is 5.41. The van der Waals surface area contributed by atoms with Crippen molar-refractivity contribution in [2.75, 3.05) is 6.61 Å². The first-order valence-corrected chi connectivity index (χ1v) is 7.65. The van der Waals surface area contributed by atoms with Crippen molar-refractivity contribution in [2.24, 2.45) is 5.92 Å². The highest BCUT2D eigenvalue weighted by molar-refractivity contribution is 5.87. The molecule has 120 valence electrons. The van der Waals surface area contributed by atoms with Crippen molar-refractivity contribution in [1.82, 2.24) is 5.32 Å². The van der Waals surface area contributed by atoms with Gasteiger partial charge in [-0.25, -0.2) is 4.79 Å². The lowest BCUT2D eigenvalue weighted by Gasteiger charge is -2.36. The normalized spacial score (nSPS) is 24.5. The molecule has 5 nitrogen and oxygen atoms in total. The van der Waals surface area contributed by atoms with Crippen LogP contribution in [0.15, 0.2) is 24.3 Å². The molecule has 0 aromatic heterocycles. The third kappa shape index (κ3) is 4.00. The number of carbonyl (C=O) groups is 2. The Labute approximate surface area is 130 Å². The number of carboxylic acids is 1. The van der Waals surface area contributed by atoms with Crippen molar-refractivity contribution in [1.29, 1.82) is 0 Å². The van der Waals surface area contributed by atoms with E-state index < -0.39 is 17.4 Å². The average Bonchev–Trinajstić information content (AvgIpc) is 2.49. The first-order chi connectivity index (χ1) is 10.4. The summed E-state index contributed by atoms with van der Waals surface area (Å²) in [7, 11) is 0. The lowest BCUT2D eigenvalue weighted by molar-refractivity contribution is -0.150. The zero-order valence-corrected chi connectivity index (χ0v) is 13.1. The molecule has 0 spiro atoms. The van der Waals surface area contributed by atoms with Gasteiger partial charge in [0.1, 0.15) is 11.3 Å². The Balaban J connectivity index is 1.91. The van der Waals surface area contributed by atoms with Crippen LogP contribution in [0, 0.1) is 12.8 Å². The zero-order chi connectivity index (χ0) is 16.2. The molecule has 1 fully saturated rings. The fourth-order valence-electron chi connectivity index (χ4n) is 2.73. The van der Waals surface area contributed by atoms with E-state index >= 15 is 0 Å². The van der Waals surface area contributed by atoms with Crippen LogP contribution in [-0.2, 0) is 9.59 Å². The van der Waals surface area contributed by atoms with Gasteiger partial charge in [-0.15, -0.1) is 0 Å². The average molecular weight is 305 g/mol. The Morgan fingerprint density at radius 2 is 1.86 bits per heavy atom. The maximum absolute atomic E-state index is 12.0. The summed E-state index contributed by atoms with van der Waals surface area (Å²) in [5.74, 6) is -0.240. The highest BCUT2D eigenvalue weighted by Crippen LogP contribution is 2.32. The summed E-state index contributed by atoms with van der Waals surface area (Å²) in [5, 5.41) is 12.2. The number of carbonyl (C=O) groups excluding carboxylic acids is 1. The Morgan fingerprint density at radius 3 is 2.41 bits per heavy atom. The predicted octanol–water partition coefficient (Wildman–Crippen LogP) is 2.52. The molecule has 0 aliphatic heterocycles. The standard InChI is InChI=1S/C17H23NO4/c1-12-3-5-14(6-4-12)22-11-15(19)18-17(16(20)21)9-7-13(2)8-10-17/h3-6,13H,7-11H2,1-2H3,(H,18,19)(H,20,21). The minimum atomic E-state index is -1.14. The Bertz CT molecular complexity index is 530. The number of benzene rings is 1. The second kappa shape index (κ2) is 6.81. The van der Waals surface area contributed by atoms with Crippen molar-refractivity contribution in [3.8, 4) is 5.75 Å². The molecule has 0 atom stereocenters. The number of ether oxygens (including phenoxy) is 1. The predicted molar refractivity (Wildman–Crippen MR) is 82.8 cm³/mol. The van der Waals surface area contributed by atoms with E-state index in [1.807, 2.05) is 19.1 Å². The van der Waals surface area contributed by atoms with Crippen molar-refractivity contribution in [2.45, 2.75) is 45.1 Å².